The molecule has 0 aliphatic heterocycles. The van der Waals surface area contributed by atoms with Crippen LogP contribution in [0, 0.1) is 41.5 Å². The van der Waals surface area contributed by atoms with Crippen molar-refractivity contribution in [2.75, 3.05) is 0 Å². The van der Waals surface area contributed by atoms with Crippen molar-refractivity contribution in [1.29, 1.82) is 0 Å². The number of aryl methyl sites for hydroxylation is 4. The molecule has 58 heavy (non-hydrogen) atoms. The molecule has 6 aromatic rings. The van der Waals surface area contributed by atoms with Crippen LogP contribution < -0.4 is 10.5 Å². The van der Waals surface area contributed by atoms with Crippen molar-refractivity contribution < 1.29 is 25.5 Å². The topological polar surface area (TPSA) is 58.2 Å². The van der Waals surface area contributed by atoms with Gasteiger partial charge in [-0.25, -0.2) is 0 Å². The first-order chi connectivity index (χ1) is 27.9. The third-order valence-electron chi connectivity index (χ3n) is 12.7. The van der Waals surface area contributed by atoms with Gasteiger partial charge in [-0.2, -0.15) is 0 Å². The molecule has 2 aliphatic rings. The standard InChI is InChI=1S/2C24H21.C2H3BN2O2.2ClH.Hf/c2*1-16-12-17(2)18(3)23(13-16)22-11-7-10-20-14-21(15-24(20)22)19-8-5-4-6-9-19;6-1-4-3-5-2-7;;;/h2*4-15H,1-3H3;1-2H,(H-,4,5,6,7);2*1H;/q;;;;;+1/p-1. The molecule has 4 nitrogen and oxygen atoms in total. The number of benzene rings is 6. The molecular formula is C50H46BCl2HfN2O2. The van der Waals surface area contributed by atoms with Crippen LogP contribution in [0.25, 0.3) is 45.6 Å². The maximum atomic E-state index is 12.8. The third kappa shape index (κ3) is 6.49. The van der Waals surface area contributed by atoms with Crippen LogP contribution in [0.3, 0.4) is 0 Å². The number of allylic oxidation sites excluding steroid dienone is 2. The fourth-order valence-electron chi connectivity index (χ4n) is 9.87. The molecular weight excluding hydrogens is 921 g/mol. The summed E-state index contributed by atoms with van der Waals surface area (Å²) in [6.45, 7) is 12.9. The van der Waals surface area contributed by atoms with Crippen molar-refractivity contribution in [3.63, 3.8) is 0 Å². The van der Waals surface area contributed by atoms with Gasteiger partial charge in [0.15, 0.2) is 0 Å². The summed E-state index contributed by atoms with van der Waals surface area (Å²) in [5.41, 5.74) is 19.7. The number of fused-ring (bicyclic) bond motifs is 2. The number of rotatable bonds is 11. The number of hydrogen-bond donors (Lipinski definition) is 2. The van der Waals surface area contributed by atoms with E-state index in [9.17, 15) is 9.59 Å². The van der Waals surface area contributed by atoms with E-state index in [1.54, 1.807) is 0 Å². The van der Waals surface area contributed by atoms with Gasteiger partial charge in [-0.1, -0.05) is 0 Å². The number of amides is 2. The molecule has 2 unspecified atom stereocenters. The van der Waals surface area contributed by atoms with E-state index in [0.29, 0.717) is 12.8 Å². The van der Waals surface area contributed by atoms with Crippen molar-refractivity contribution in [1.82, 2.24) is 10.5 Å². The number of carbonyl (C=O) groups excluding carboxylic acids is 2. The van der Waals surface area contributed by atoms with Crippen LogP contribution in [0.5, 0.6) is 0 Å². The first kappa shape index (κ1) is 40.1. The summed E-state index contributed by atoms with van der Waals surface area (Å²) >= 11 is -6.38. The molecule has 2 N–H and O–H groups in total. The Hall–Kier alpha value is -4.74. The minimum atomic E-state index is -6.38. The van der Waals surface area contributed by atoms with Crippen LogP contribution in [-0.4, -0.2) is 17.4 Å². The Balaban J connectivity index is 1.50. The summed E-state index contributed by atoms with van der Waals surface area (Å²) in [6, 6.07) is 42.3. The van der Waals surface area contributed by atoms with E-state index in [2.05, 4.69) is 149 Å². The summed E-state index contributed by atoms with van der Waals surface area (Å²) in [6.07, 6.45) is 5.77. The third-order valence-corrected chi connectivity index (χ3v) is 40.9. The summed E-state index contributed by atoms with van der Waals surface area (Å²) in [5.74, 6) is 0. The van der Waals surface area contributed by atoms with Crippen LogP contribution in [0.1, 0.15) is 74.1 Å². The number of hydrogen-bond acceptors (Lipinski definition) is 2. The second-order valence-corrected chi connectivity index (χ2v) is 46.6. The molecule has 2 aliphatic carbocycles. The molecule has 289 valence electrons. The van der Waals surface area contributed by atoms with Gasteiger partial charge >= 0.3 is 353 Å². The molecule has 2 amide bonds. The Morgan fingerprint density at radius 1 is 0.517 bits per heavy atom. The Labute approximate surface area is 350 Å². The van der Waals surface area contributed by atoms with E-state index < -0.39 is 27.8 Å². The molecule has 0 saturated heterocycles. The molecule has 6 aromatic carbocycles. The Morgan fingerprint density at radius 3 is 1.29 bits per heavy atom. The van der Waals surface area contributed by atoms with Crippen molar-refractivity contribution in [3.8, 4) is 22.3 Å². The zero-order chi connectivity index (χ0) is 41.0. The molecule has 0 aromatic heterocycles. The molecule has 2 atom stereocenters. The second kappa shape index (κ2) is 15.5. The molecule has 0 fully saturated rings. The maximum absolute atomic E-state index is 12.8. The normalized spacial score (nSPS) is 16.3. The van der Waals surface area contributed by atoms with Gasteiger partial charge in [0, 0.05) is 0 Å². The fraction of sp³-hybridized carbons (Fsp3) is 0.160. The first-order valence-electron chi connectivity index (χ1n) is 19.8. The van der Waals surface area contributed by atoms with E-state index in [-0.39, 0.29) is 0 Å². The minimum absolute atomic E-state index is 0.566. The van der Waals surface area contributed by atoms with Crippen molar-refractivity contribution in [3.05, 3.63) is 188 Å². The van der Waals surface area contributed by atoms with Crippen LogP contribution in [0.4, 0.5) is 0 Å². The average molecular weight is 967 g/mol. The summed E-state index contributed by atoms with van der Waals surface area (Å²) in [7, 11) is 17.8. The molecule has 0 radical (unpaired) electrons. The number of halogens is 2. The monoisotopic (exact) mass is 967 g/mol. The average Bonchev–Trinajstić information content (AvgIpc) is 3.83. The molecule has 0 saturated carbocycles. The Bertz CT molecular complexity index is 2510. The van der Waals surface area contributed by atoms with Gasteiger partial charge in [0.05, 0.1) is 0 Å². The van der Waals surface area contributed by atoms with Crippen LogP contribution in [-0.2, 0) is 25.5 Å². The van der Waals surface area contributed by atoms with E-state index in [0.717, 1.165) is 66.8 Å². The van der Waals surface area contributed by atoms with Gasteiger partial charge in [-0.3, -0.25) is 0 Å². The molecule has 8 rings (SSSR count). The Morgan fingerprint density at radius 2 is 0.914 bits per heavy atom. The van der Waals surface area contributed by atoms with Crippen molar-refractivity contribution in [2.24, 2.45) is 0 Å². The van der Waals surface area contributed by atoms with Gasteiger partial charge in [-0.05, 0) is 0 Å². The van der Waals surface area contributed by atoms with E-state index >= 15 is 0 Å². The van der Waals surface area contributed by atoms with Gasteiger partial charge in [0.25, 0.3) is 0 Å². The molecule has 0 spiro atoms. The van der Waals surface area contributed by atoms with Crippen LogP contribution in [0.15, 0.2) is 121 Å². The molecule has 0 bridgehead atoms. The zero-order valence-corrected chi connectivity index (χ0v) is 38.8. The first-order valence-corrected chi connectivity index (χ1v) is 34.9. The summed E-state index contributed by atoms with van der Waals surface area (Å²) in [4.78, 5) is 25.6. The number of carbonyl (C=O) groups is 2. The van der Waals surface area contributed by atoms with E-state index in [4.69, 9.17) is 17.2 Å². The molecule has 0 heterocycles. The van der Waals surface area contributed by atoms with E-state index in [1.807, 2.05) is 36.4 Å². The summed E-state index contributed by atoms with van der Waals surface area (Å²) < 4.78 is -2.19. The summed E-state index contributed by atoms with van der Waals surface area (Å²) in [5, 5.41) is 6.04. The zero-order valence-electron chi connectivity index (χ0n) is 33.7. The predicted octanol–water partition coefficient (Wildman–Crippen LogP) is 12.2. The van der Waals surface area contributed by atoms with Gasteiger partial charge in [0.2, 0.25) is 0 Å². The second-order valence-electron chi connectivity index (χ2n) is 16.2. The van der Waals surface area contributed by atoms with E-state index in [1.165, 1.54) is 33.4 Å². The van der Waals surface area contributed by atoms with Crippen molar-refractivity contribution in [2.45, 2.75) is 48.9 Å². The quantitative estimate of drug-likeness (QED) is 0.100. The predicted molar refractivity (Wildman–Crippen MR) is 242 cm³/mol. The van der Waals surface area contributed by atoms with Crippen LogP contribution in [0.2, 0.25) is 0 Å². The fourth-order valence-corrected chi connectivity index (χ4v) is 38.1. The van der Waals surface area contributed by atoms with Gasteiger partial charge in [-0.15, -0.1) is 0 Å². The SMILES string of the molecule is Cc1cc(C)c(C)c(-c2cccc3c2C=C(c2ccccc2)[CH]3[Hf]([Cl])([Cl])([B](NC=O)NC=O)[CH]2C(c3ccccc3)=Cc3c(-c4cc(C)cc(C)c4C)cccc32)c1. The molecule has 8 heteroatoms. The van der Waals surface area contributed by atoms with Gasteiger partial charge in [0.1, 0.15) is 0 Å². The Kier molecular flexibility index (Phi) is 10.7. The van der Waals surface area contributed by atoms with Crippen LogP contribution >= 0.6 is 17.2 Å². The van der Waals surface area contributed by atoms with Crippen molar-refractivity contribution >= 4 is 57.8 Å². The number of nitrogens with one attached hydrogen (secondary N) is 2. The van der Waals surface area contributed by atoms with Gasteiger partial charge < -0.3 is 0 Å².